The first kappa shape index (κ1) is 29.4. The molecule has 0 aliphatic carbocycles. The molecule has 50 heavy (non-hydrogen) atoms. The zero-order valence-electron chi connectivity index (χ0n) is 27.2. The lowest BCUT2D eigenvalue weighted by molar-refractivity contribution is 1.07. The van der Waals surface area contributed by atoms with Gasteiger partial charge >= 0.3 is 0 Å². The molecule has 0 N–H and O–H groups in total. The van der Waals surface area contributed by atoms with Gasteiger partial charge in [-0.1, -0.05) is 176 Å². The lowest BCUT2D eigenvalue weighted by Gasteiger charge is -2.14. The van der Waals surface area contributed by atoms with Crippen molar-refractivity contribution in [2.45, 2.75) is 0 Å². The van der Waals surface area contributed by atoms with Gasteiger partial charge in [0.05, 0.1) is 0 Å². The topological polar surface area (TPSA) is 38.7 Å². The van der Waals surface area contributed by atoms with Crippen LogP contribution in [0.3, 0.4) is 0 Å². The molecule has 0 saturated heterocycles. The van der Waals surface area contributed by atoms with E-state index in [1.807, 2.05) is 42.5 Å². The number of benzene rings is 8. The number of aromatic nitrogens is 3. The van der Waals surface area contributed by atoms with E-state index in [0.29, 0.717) is 17.5 Å². The minimum absolute atomic E-state index is 0.643. The van der Waals surface area contributed by atoms with E-state index >= 15 is 0 Å². The van der Waals surface area contributed by atoms with Gasteiger partial charge in [0, 0.05) is 16.7 Å². The smallest absolute Gasteiger partial charge is 0.164 e. The average molecular weight is 638 g/mol. The van der Waals surface area contributed by atoms with Crippen molar-refractivity contribution >= 4 is 21.5 Å². The maximum Gasteiger partial charge on any atom is 0.164 e. The summed E-state index contributed by atoms with van der Waals surface area (Å²) < 4.78 is 0. The van der Waals surface area contributed by atoms with E-state index in [-0.39, 0.29) is 0 Å². The Morgan fingerprint density at radius 2 is 0.720 bits per heavy atom. The molecule has 8 aromatic carbocycles. The van der Waals surface area contributed by atoms with Crippen LogP contribution in [-0.4, -0.2) is 15.0 Å². The second-order valence-electron chi connectivity index (χ2n) is 12.4. The summed E-state index contributed by atoms with van der Waals surface area (Å²) in [5.41, 5.74) is 9.92. The third kappa shape index (κ3) is 5.51. The fourth-order valence-electron chi connectivity index (χ4n) is 6.87. The highest BCUT2D eigenvalue weighted by atomic mass is 15.0. The molecule has 0 aliphatic rings. The van der Waals surface area contributed by atoms with E-state index < -0.39 is 0 Å². The molecule has 0 saturated carbocycles. The minimum Gasteiger partial charge on any atom is -0.208 e. The van der Waals surface area contributed by atoms with Crippen LogP contribution in [0.5, 0.6) is 0 Å². The molecule has 0 radical (unpaired) electrons. The van der Waals surface area contributed by atoms with Crippen molar-refractivity contribution in [3.8, 4) is 67.5 Å². The monoisotopic (exact) mass is 637 g/mol. The summed E-state index contributed by atoms with van der Waals surface area (Å²) in [6, 6.07) is 65.9. The number of hydrogen-bond donors (Lipinski definition) is 0. The maximum absolute atomic E-state index is 5.11. The van der Waals surface area contributed by atoms with E-state index in [9.17, 15) is 0 Å². The predicted molar refractivity (Wildman–Crippen MR) is 207 cm³/mol. The van der Waals surface area contributed by atoms with Crippen molar-refractivity contribution in [1.29, 1.82) is 0 Å². The SMILES string of the molecule is c1ccc(-c2nc(-c3ccc4cc(-c5ccccc5-c5cccc6ccccc56)ccc4c3)nc(-c3ccccc3-c3ccccc3)n2)cc1. The maximum atomic E-state index is 5.11. The third-order valence-electron chi connectivity index (χ3n) is 9.34. The molecule has 234 valence electrons. The van der Waals surface area contributed by atoms with Gasteiger partial charge in [0.15, 0.2) is 17.5 Å². The van der Waals surface area contributed by atoms with Crippen LogP contribution in [0, 0.1) is 0 Å². The van der Waals surface area contributed by atoms with E-state index in [4.69, 9.17) is 15.0 Å². The standard InChI is InChI=1S/C47H31N3/c1-3-14-32(15-4-1)40-21-10-12-24-44(40)47-49-45(34-17-5-2-6-18-34)48-46(50-47)38-29-27-35-30-37(28-26-36(35)31-38)41-22-9-11-23-42(41)43-25-13-19-33-16-7-8-20-39(33)43/h1-31H. The zero-order chi connectivity index (χ0) is 33.3. The van der Waals surface area contributed by atoms with Crippen LogP contribution in [0.4, 0.5) is 0 Å². The van der Waals surface area contributed by atoms with E-state index in [0.717, 1.165) is 38.6 Å². The van der Waals surface area contributed by atoms with E-state index in [2.05, 4.69) is 146 Å². The molecule has 0 fully saturated rings. The Morgan fingerprint density at radius 3 is 1.46 bits per heavy atom. The Bertz CT molecular complexity index is 2640. The summed E-state index contributed by atoms with van der Waals surface area (Å²) in [5, 5.41) is 4.78. The molecular weight excluding hydrogens is 607 g/mol. The summed E-state index contributed by atoms with van der Waals surface area (Å²) in [6.45, 7) is 0. The van der Waals surface area contributed by atoms with Crippen molar-refractivity contribution < 1.29 is 0 Å². The molecule has 9 aromatic rings. The normalized spacial score (nSPS) is 11.2. The second-order valence-corrected chi connectivity index (χ2v) is 12.4. The molecule has 0 unspecified atom stereocenters. The Labute approximate surface area is 291 Å². The summed E-state index contributed by atoms with van der Waals surface area (Å²) in [5.74, 6) is 1.94. The molecule has 3 heteroatoms. The first-order valence-corrected chi connectivity index (χ1v) is 16.9. The van der Waals surface area contributed by atoms with Crippen molar-refractivity contribution in [2.24, 2.45) is 0 Å². The predicted octanol–water partition coefficient (Wildman–Crippen LogP) is 12.2. The van der Waals surface area contributed by atoms with Gasteiger partial charge in [-0.05, 0) is 67.1 Å². The van der Waals surface area contributed by atoms with Crippen LogP contribution >= 0.6 is 0 Å². The van der Waals surface area contributed by atoms with Crippen molar-refractivity contribution in [1.82, 2.24) is 15.0 Å². The molecule has 0 bridgehead atoms. The quantitative estimate of drug-likeness (QED) is 0.182. The fourth-order valence-corrected chi connectivity index (χ4v) is 6.87. The highest BCUT2D eigenvalue weighted by Gasteiger charge is 2.16. The number of nitrogens with zero attached hydrogens (tertiary/aromatic N) is 3. The third-order valence-corrected chi connectivity index (χ3v) is 9.34. The van der Waals surface area contributed by atoms with Crippen LogP contribution < -0.4 is 0 Å². The summed E-state index contributed by atoms with van der Waals surface area (Å²) in [7, 11) is 0. The highest BCUT2D eigenvalue weighted by Crippen LogP contribution is 2.38. The van der Waals surface area contributed by atoms with Gasteiger partial charge in [-0.3, -0.25) is 0 Å². The van der Waals surface area contributed by atoms with Gasteiger partial charge in [0.1, 0.15) is 0 Å². The molecule has 0 atom stereocenters. The van der Waals surface area contributed by atoms with Crippen molar-refractivity contribution in [3.63, 3.8) is 0 Å². The lowest BCUT2D eigenvalue weighted by atomic mass is 9.90. The van der Waals surface area contributed by atoms with Gasteiger partial charge in [-0.25, -0.2) is 15.0 Å². The van der Waals surface area contributed by atoms with Gasteiger partial charge in [0.2, 0.25) is 0 Å². The molecule has 0 aliphatic heterocycles. The number of rotatable bonds is 6. The Morgan fingerprint density at radius 1 is 0.240 bits per heavy atom. The molecule has 0 spiro atoms. The molecule has 9 rings (SSSR count). The Hall–Kier alpha value is -6.71. The molecule has 1 heterocycles. The van der Waals surface area contributed by atoms with E-state index in [1.165, 1.54) is 33.0 Å². The van der Waals surface area contributed by atoms with Crippen molar-refractivity contribution in [2.75, 3.05) is 0 Å². The molecule has 1 aromatic heterocycles. The summed E-state index contributed by atoms with van der Waals surface area (Å²) in [4.78, 5) is 15.1. The summed E-state index contributed by atoms with van der Waals surface area (Å²) in [6.07, 6.45) is 0. The first-order valence-electron chi connectivity index (χ1n) is 16.9. The molecule has 3 nitrogen and oxygen atoms in total. The Kier molecular flexibility index (Phi) is 7.49. The zero-order valence-corrected chi connectivity index (χ0v) is 27.2. The van der Waals surface area contributed by atoms with Crippen LogP contribution in [0.25, 0.3) is 89.1 Å². The number of fused-ring (bicyclic) bond motifs is 2. The summed E-state index contributed by atoms with van der Waals surface area (Å²) >= 11 is 0. The molecule has 0 amide bonds. The first-order chi connectivity index (χ1) is 24.8. The molecular formula is C47H31N3. The van der Waals surface area contributed by atoms with E-state index in [1.54, 1.807) is 0 Å². The van der Waals surface area contributed by atoms with Gasteiger partial charge in [-0.15, -0.1) is 0 Å². The van der Waals surface area contributed by atoms with Crippen LogP contribution in [-0.2, 0) is 0 Å². The number of hydrogen-bond acceptors (Lipinski definition) is 3. The minimum atomic E-state index is 0.643. The average Bonchev–Trinajstić information content (AvgIpc) is 3.21. The largest absolute Gasteiger partial charge is 0.208 e. The van der Waals surface area contributed by atoms with Gasteiger partial charge in [-0.2, -0.15) is 0 Å². The highest BCUT2D eigenvalue weighted by molar-refractivity contribution is 6.01. The van der Waals surface area contributed by atoms with Crippen LogP contribution in [0.15, 0.2) is 188 Å². The lowest BCUT2D eigenvalue weighted by Crippen LogP contribution is -2.01. The van der Waals surface area contributed by atoms with Crippen LogP contribution in [0.2, 0.25) is 0 Å². The second kappa shape index (κ2) is 12.7. The van der Waals surface area contributed by atoms with Crippen LogP contribution in [0.1, 0.15) is 0 Å². The van der Waals surface area contributed by atoms with Gasteiger partial charge in [0.25, 0.3) is 0 Å². The Balaban J connectivity index is 1.15. The van der Waals surface area contributed by atoms with Gasteiger partial charge < -0.3 is 0 Å². The fraction of sp³-hybridized carbons (Fsp3) is 0. The van der Waals surface area contributed by atoms with Crippen molar-refractivity contribution in [3.05, 3.63) is 188 Å².